The Morgan fingerprint density at radius 1 is 1.21 bits per heavy atom. The molecule has 0 saturated carbocycles. The number of amides is 1. The fourth-order valence-corrected chi connectivity index (χ4v) is 3.61. The van der Waals surface area contributed by atoms with Crippen LogP contribution >= 0.6 is 11.8 Å². The first kappa shape index (κ1) is 19.0. The summed E-state index contributed by atoms with van der Waals surface area (Å²) in [6, 6.07) is 15.3. The average molecular weight is 409 g/mol. The Morgan fingerprint density at radius 3 is 2.86 bits per heavy atom. The second kappa shape index (κ2) is 8.78. The van der Waals surface area contributed by atoms with Crippen LogP contribution in [-0.4, -0.2) is 38.0 Å². The third-order valence-electron chi connectivity index (χ3n) is 4.29. The van der Waals surface area contributed by atoms with Gasteiger partial charge in [-0.2, -0.15) is 5.10 Å². The van der Waals surface area contributed by atoms with Gasteiger partial charge in [0.2, 0.25) is 11.1 Å². The van der Waals surface area contributed by atoms with E-state index in [9.17, 15) is 9.59 Å². The van der Waals surface area contributed by atoms with Crippen molar-refractivity contribution in [3.8, 4) is 11.5 Å². The van der Waals surface area contributed by atoms with E-state index in [1.807, 2.05) is 18.2 Å². The number of aromatic amines is 1. The molecule has 9 heteroatoms. The fraction of sp³-hybridized carbons (Fsp3) is 0.200. The molecule has 4 rings (SSSR count). The number of nitrogens with one attached hydrogen (secondary N) is 2. The molecular formula is C20H19N5O3S. The Kier molecular flexibility index (Phi) is 5.76. The maximum Gasteiger partial charge on any atom is 0.290 e. The van der Waals surface area contributed by atoms with E-state index >= 15 is 0 Å². The summed E-state index contributed by atoms with van der Waals surface area (Å²) in [5, 5.41) is 14.2. The lowest BCUT2D eigenvalue weighted by Gasteiger charge is -2.06. The highest BCUT2D eigenvalue weighted by atomic mass is 32.2. The average Bonchev–Trinajstić information content (AvgIpc) is 3.42. The van der Waals surface area contributed by atoms with E-state index in [-0.39, 0.29) is 17.2 Å². The van der Waals surface area contributed by atoms with E-state index < -0.39 is 0 Å². The molecular weight excluding hydrogens is 390 g/mol. The highest BCUT2D eigenvalue weighted by molar-refractivity contribution is 7.99. The summed E-state index contributed by atoms with van der Waals surface area (Å²) in [6.45, 7) is 0.604. The van der Waals surface area contributed by atoms with Gasteiger partial charge in [0, 0.05) is 12.6 Å². The molecule has 8 nitrogen and oxygen atoms in total. The van der Waals surface area contributed by atoms with Crippen molar-refractivity contribution in [3.05, 3.63) is 70.7 Å². The second-order valence-electron chi connectivity index (χ2n) is 6.37. The topological polar surface area (TPSA) is 105 Å². The number of hydrogen-bond acceptors (Lipinski definition) is 6. The Morgan fingerprint density at radius 2 is 2.07 bits per heavy atom. The number of H-pyrrole nitrogens is 1. The zero-order valence-corrected chi connectivity index (χ0v) is 16.3. The molecule has 0 bridgehead atoms. The van der Waals surface area contributed by atoms with Crippen LogP contribution in [-0.2, 0) is 11.2 Å². The number of hydrogen-bond donors (Lipinski definition) is 2. The van der Waals surface area contributed by atoms with Gasteiger partial charge in [-0.15, -0.1) is 5.10 Å². The van der Waals surface area contributed by atoms with Crippen LogP contribution in [0.4, 0.5) is 0 Å². The van der Waals surface area contributed by atoms with E-state index in [2.05, 4.69) is 32.7 Å². The normalized spacial score (nSPS) is 11.0. The molecule has 0 aliphatic heterocycles. The Hall–Kier alpha value is -3.33. The van der Waals surface area contributed by atoms with Crippen molar-refractivity contribution >= 4 is 23.2 Å². The van der Waals surface area contributed by atoms with Crippen molar-refractivity contribution < 1.29 is 9.21 Å². The minimum atomic E-state index is -0.356. The minimum absolute atomic E-state index is 0.0948. The fourth-order valence-electron chi connectivity index (χ4n) is 2.88. The Bertz CT molecular complexity index is 1150. The van der Waals surface area contributed by atoms with Crippen LogP contribution in [0.5, 0.6) is 0 Å². The monoisotopic (exact) mass is 409 g/mol. The Balaban J connectivity index is 1.35. The number of benzene rings is 1. The standard InChI is InChI=1S/C20H19N5O3S/c26-18(21-10-4-8-14-6-2-1-3-7-14)13-29-20-23-22-19(27)16-12-15(24-25(16)20)17-9-5-11-28-17/h1-3,5-7,9,11-12H,4,8,10,13H2,(H,21,26)(H,22,27). The van der Waals surface area contributed by atoms with Crippen molar-refractivity contribution in [3.63, 3.8) is 0 Å². The third kappa shape index (κ3) is 4.57. The van der Waals surface area contributed by atoms with E-state index in [4.69, 9.17) is 4.42 Å². The van der Waals surface area contributed by atoms with Crippen LogP contribution in [0, 0.1) is 0 Å². The number of furan rings is 1. The summed E-state index contributed by atoms with van der Waals surface area (Å²) in [5.74, 6) is 0.637. The Labute approximate surface area is 170 Å². The summed E-state index contributed by atoms with van der Waals surface area (Å²) in [7, 11) is 0. The van der Waals surface area contributed by atoms with Crippen molar-refractivity contribution in [2.24, 2.45) is 0 Å². The van der Waals surface area contributed by atoms with Crippen molar-refractivity contribution in [2.45, 2.75) is 18.0 Å². The predicted octanol–water partition coefficient (Wildman–Crippen LogP) is 2.52. The predicted molar refractivity (Wildman–Crippen MR) is 110 cm³/mol. The number of carbonyl (C=O) groups is 1. The number of fused-ring (bicyclic) bond motifs is 1. The first-order valence-corrected chi connectivity index (χ1v) is 10.1. The third-order valence-corrected chi connectivity index (χ3v) is 5.22. The molecule has 0 radical (unpaired) electrons. The molecule has 0 aliphatic rings. The second-order valence-corrected chi connectivity index (χ2v) is 7.31. The van der Waals surface area contributed by atoms with Crippen LogP contribution < -0.4 is 10.9 Å². The van der Waals surface area contributed by atoms with Gasteiger partial charge in [-0.25, -0.2) is 9.61 Å². The maximum absolute atomic E-state index is 12.1. The van der Waals surface area contributed by atoms with Gasteiger partial charge in [0.1, 0.15) is 11.2 Å². The quantitative estimate of drug-likeness (QED) is 0.342. The maximum atomic E-state index is 12.1. The first-order valence-electron chi connectivity index (χ1n) is 9.16. The van der Waals surface area contributed by atoms with E-state index in [0.29, 0.717) is 28.7 Å². The van der Waals surface area contributed by atoms with E-state index in [0.717, 1.165) is 12.8 Å². The zero-order valence-electron chi connectivity index (χ0n) is 15.5. The van der Waals surface area contributed by atoms with Gasteiger partial charge < -0.3 is 9.73 Å². The van der Waals surface area contributed by atoms with Gasteiger partial charge in [-0.05, 0) is 30.5 Å². The lowest BCUT2D eigenvalue weighted by molar-refractivity contribution is -0.118. The van der Waals surface area contributed by atoms with Gasteiger partial charge in [-0.1, -0.05) is 42.1 Å². The smallest absolute Gasteiger partial charge is 0.290 e. The molecule has 29 heavy (non-hydrogen) atoms. The van der Waals surface area contributed by atoms with Crippen molar-refractivity contribution in [2.75, 3.05) is 12.3 Å². The highest BCUT2D eigenvalue weighted by Gasteiger charge is 2.14. The SMILES string of the molecule is O=C(CSc1n[nH]c(=O)c2cc(-c3ccco3)nn12)NCCCc1ccccc1. The molecule has 4 aromatic rings. The molecule has 0 atom stereocenters. The summed E-state index contributed by atoms with van der Waals surface area (Å²) in [4.78, 5) is 24.2. The molecule has 0 saturated heterocycles. The number of nitrogens with zero attached hydrogens (tertiary/aromatic N) is 3. The van der Waals surface area contributed by atoms with Crippen molar-refractivity contribution in [1.82, 2.24) is 25.1 Å². The lowest BCUT2D eigenvalue weighted by Crippen LogP contribution is -2.26. The van der Waals surface area contributed by atoms with Crippen LogP contribution in [0.2, 0.25) is 0 Å². The van der Waals surface area contributed by atoms with Crippen LogP contribution in [0.1, 0.15) is 12.0 Å². The number of aryl methyl sites for hydroxylation is 1. The van der Waals surface area contributed by atoms with Gasteiger partial charge in [0.25, 0.3) is 5.56 Å². The summed E-state index contributed by atoms with van der Waals surface area (Å²) in [5.41, 5.74) is 1.77. The molecule has 1 aromatic carbocycles. The van der Waals surface area contributed by atoms with Crippen LogP contribution in [0.3, 0.4) is 0 Å². The minimum Gasteiger partial charge on any atom is -0.463 e. The summed E-state index contributed by atoms with van der Waals surface area (Å²) < 4.78 is 6.77. The molecule has 3 heterocycles. The van der Waals surface area contributed by atoms with Gasteiger partial charge >= 0.3 is 0 Å². The number of aromatic nitrogens is 4. The number of thioether (sulfide) groups is 1. The first-order chi connectivity index (χ1) is 14.2. The van der Waals surface area contributed by atoms with E-state index in [1.54, 1.807) is 24.5 Å². The highest BCUT2D eigenvalue weighted by Crippen LogP contribution is 2.21. The molecule has 148 valence electrons. The van der Waals surface area contributed by atoms with Gasteiger partial charge in [0.05, 0.1) is 12.0 Å². The largest absolute Gasteiger partial charge is 0.463 e. The van der Waals surface area contributed by atoms with Gasteiger partial charge in [-0.3, -0.25) is 9.59 Å². The molecule has 0 spiro atoms. The summed E-state index contributed by atoms with van der Waals surface area (Å²) in [6.07, 6.45) is 3.33. The zero-order chi connectivity index (χ0) is 20.1. The molecule has 2 N–H and O–H groups in total. The molecule has 0 fully saturated rings. The molecule has 0 unspecified atom stereocenters. The van der Waals surface area contributed by atoms with Crippen LogP contribution in [0.15, 0.2) is 69.2 Å². The number of carbonyl (C=O) groups excluding carboxylic acids is 1. The molecule has 3 aromatic heterocycles. The number of rotatable bonds is 8. The summed E-state index contributed by atoms with van der Waals surface area (Å²) >= 11 is 1.21. The van der Waals surface area contributed by atoms with Crippen LogP contribution in [0.25, 0.3) is 17.0 Å². The molecule has 1 amide bonds. The van der Waals surface area contributed by atoms with Crippen molar-refractivity contribution in [1.29, 1.82) is 0 Å². The van der Waals surface area contributed by atoms with Gasteiger partial charge in [0.15, 0.2) is 5.76 Å². The molecule has 0 aliphatic carbocycles. The lowest BCUT2D eigenvalue weighted by atomic mass is 10.1. The van der Waals surface area contributed by atoms with E-state index in [1.165, 1.54) is 21.8 Å².